The minimum Gasteiger partial charge on any atom is -0.497 e. The van der Waals surface area contributed by atoms with Crippen LogP contribution in [0, 0.1) is 6.92 Å². The number of rotatable bonds is 6. The maximum atomic E-state index is 12.0. The molecule has 0 atom stereocenters. The fourth-order valence-electron chi connectivity index (χ4n) is 2.78. The summed E-state index contributed by atoms with van der Waals surface area (Å²) < 4.78 is 8.62. The van der Waals surface area contributed by atoms with Crippen LogP contribution in [0.1, 0.15) is 17.6 Å². The number of benzene rings is 1. The van der Waals surface area contributed by atoms with Gasteiger partial charge in [-0.2, -0.15) is 9.61 Å². The number of aryl methyl sites for hydroxylation is 1. The van der Waals surface area contributed by atoms with Crippen LogP contribution >= 0.6 is 23.1 Å². The Hall–Kier alpha value is -2.72. The highest BCUT2D eigenvalue weighted by Crippen LogP contribution is 2.28. The molecule has 0 N–H and O–H groups in total. The van der Waals surface area contributed by atoms with Crippen LogP contribution in [0.25, 0.3) is 16.3 Å². The van der Waals surface area contributed by atoms with E-state index >= 15 is 0 Å². The molecule has 4 rings (SSSR count). The summed E-state index contributed by atoms with van der Waals surface area (Å²) in [7, 11) is 1.64. The van der Waals surface area contributed by atoms with Crippen molar-refractivity contribution in [3.8, 4) is 17.1 Å². The summed E-state index contributed by atoms with van der Waals surface area (Å²) in [6.07, 6.45) is 0. The van der Waals surface area contributed by atoms with Gasteiger partial charge < -0.3 is 9.30 Å². The van der Waals surface area contributed by atoms with Crippen LogP contribution in [0.5, 0.6) is 5.75 Å². The van der Waals surface area contributed by atoms with Crippen LogP contribution in [0.3, 0.4) is 0 Å². The first-order chi connectivity index (χ1) is 13.6. The molecule has 0 bridgehead atoms. The summed E-state index contributed by atoms with van der Waals surface area (Å²) in [5.41, 5.74) is 1.52. The van der Waals surface area contributed by atoms with E-state index < -0.39 is 0 Å². The highest BCUT2D eigenvalue weighted by Gasteiger charge is 2.15. The summed E-state index contributed by atoms with van der Waals surface area (Å²) in [4.78, 5) is 17.0. The Bertz CT molecular complexity index is 1180. The number of nitrogens with zero attached hydrogens (tertiary/aromatic N) is 6. The molecule has 8 nitrogen and oxygen atoms in total. The molecule has 0 aliphatic carbocycles. The largest absolute Gasteiger partial charge is 0.497 e. The zero-order valence-corrected chi connectivity index (χ0v) is 17.3. The van der Waals surface area contributed by atoms with Crippen molar-refractivity contribution in [1.82, 2.24) is 29.4 Å². The van der Waals surface area contributed by atoms with Gasteiger partial charge in [-0.15, -0.1) is 10.2 Å². The molecule has 4 aromatic rings. The van der Waals surface area contributed by atoms with Crippen molar-refractivity contribution < 1.29 is 4.74 Å². The van der Waals surface area contributed by atoms with Crippen molar-refractivity contribution in [3.63, 3.8) is 0 Å². The van der Waals surface area contributed by atoms with E-state index in [1.165, 1.54) is 21.9 Å². The molecule has 0 fully saturated rings. The molecule has 0 aliphatic rings. The standard InChI is InChI=1S/C18H18N6O2S2/c1-4-23-16(12-5-7-13(26-3)8-6-12)20-21-18(23)27-10-14-22-24-15(25)9-11(2)19-17(24)28-14/h5-9H,4,10H2,1-3H3. The van der Waals surface area contributed by atoms with E-state index in [0.717, 1.165) is 33.8 Å². The molecular formula is C18H18N6O2S2. The Kier molecular flexibility index (Phi) is 5.14. The second kappa shape index (κ2) is 7.72. The summed E-state index contributed by atoms with van der Waals surface area (Å²) in [5.74, 6) is 2.20. The van der Waals surface area contributed by atoms with Crippen LogP contribution in [0.2, 0.25) is 0 Å². The minimum atomic E-state index is -0.159. The van der Waals surface area contributed by atoms with Gasteiger partial charge in [-0.1, -0.05) is 23.1 Å². The smallest absolute Gasteiger partial charge is 0.275 e. The first-order valence-electron chi connectivity index (χ1n) is 8.66. The monoisotopic (exact) mass is 414 g/mol. The molecule has 0 saturated carbocycles. The van der Waals surface area contributed by atoms with Gasteiger partial charge in [0.2, 0.25) is 4.96 Å². The molecule has 0 aliphatic heterocycles. The first kappa shape index (κ1) is 18.6. The molecule has 3 heterocycles. The van der Waals surface area contributed by atoms with E-state index in [0.29, 0.717) is 16.4 Å². The molecule has 0 saturated heterocycles. The lowest BCUT2D eigenvalue weighted by Crippen LogP contribution is -2.14. The molecule has 0 amide bonds. The number of methoxy groups -OCH3 is 1. The lowest BCUT2D eigenvalue weighted by atomic mass is 10.2. The third-order valence-electron chi connectivity index (χ3n) is 4.12. The average Bonchev–Trinajstić information content (AvgIpc) is 3.30. The second-order valence-corrected chi connectivity index (χ2v) is 7.98. The van der Waals surface area contributed by atoms with Gasteiger partial charge in [0.1, 0.15) is 10.8 Å². The lowest BCUT2D eigenvalue weighted by Gasteiger charge is -2.07. The van der Waals surface area contributed by atoms with E-state index in [1.54, 1.807) is 25.8 Å². The third-order valence-corrected chi connectivity index (χ3v) is 6.19. The second-order valence-electron chi connectivity index (χ2n) is 5.99. The predicted octanol–water partition coefficient (Wildman–Crippen LogP) is 3.04. The number of ether oxygens (including phenoxy) is 1. The first-order valence-corrected chi connectivity index (χ1v) is 10.5. The van der Waals surface area contributed by atoms with Gasteiger partial charge in [0.25, 0.3) is 5.56 Å². The number of hydrogen-bond donors (Lipinski definition) is 0. The third kappa shape index (κ3) is 3.52. The van der Waals surface area contributed by atoms with Gasteiger partial charge in [-0.3, -0.25) is 4.79 Å². The molecule has 10 heteroatoms. The number of fused-ring (bicyclic) bond motifs is 1. The maximum absolute atomic E-state index is 12.0. The number of thioether (sulfide) groups is 1. The van der Waals surface area contributed by atoms with E-state index in [9.17, 15) is 4.79 Å². The van der Waals surface area contributed by atoms with Crippen LogP contribution in [-0.2, 0) is 12.3 Å². The van der Waals surface area contributed by atoms with E-state index in [2.05, 4.69) is 31.8 Å². The van der Waals surface area contributed by atoms with E-state index in [1.807, 2.05) is 24.3 Å². The highest BCUT2D eigenvalue weighted by atomic mass is 32.2. The fraction of sp³-hybridized carbons (Fsp3) is 0.278. The Morgan fingerprint density at radius 2 is 2.00 bits per heavy atom. The Balaban J connectivity index is 1.57. The minimum absolute atomic E-state index is 0.159. The SMILES string of the molecule is CCn1c(SCc2nn3c(=O)cc(C)nc3s2)nnc1-c1ccc(OC)cc1. The summed E-state index contributed by atoms with van der Waals surface area (Å²) in [5, 5.41) is 14.7. The summed E-state index contributed by atoms with van der Waals surface area (Å²) in [6.45, 7) is 4.61. The number of aromatic nitrogens is 6. The topological polar surface area (TPSA) is 87.2 Å². The molecule has 1 aromatic carbocycles. The van der Waals surface area contributed by atoms with Crippen molar-refractivity contribution in [2.24, 2.45) is 0 Å². The Morgan fingerprint density at radius 3 is 2.71 bits per heavy atom. The van der Waals surface area contributed by atoms with Crippen molar-refractivity contribution >= 4 is 28.1 Å². The molecule has 3 aromatic heterocycles. The van der Waals surface area contributed by atoms with Crippen molar-refractivity contribution in [1.29, 1.82) is 0 Å². The van der Waals surface area contributed by atoms with Crippen LogP contribution in [0.4, 0.5) is 0 Å². The maximum Gasteiger partial charge on any atom is 0.275 e. The normalized spacial score (nSPS) is 11.2. The van der Waals surface area contributed by atoms with Gasteiger partial charge in [0, 0.05) is 23.9 Å². The van der Waals surface area contributed by atoms with Crippen LogP contribution in [-0.4, -0.2) is 36.5 Å². The average molecular weight is 415 g/mol. The summed E-state index contributed by atoms with van der Waals surface area (Å²) in [6, 6.07) is 9.24. The van der Waals surface area contributed by atoms with E-state index in [-0.39, 0.29) is 5.56 Å². The molecule has 0 unspecified atom stereocenters. The molecular weight excluding hydrogens is 396 g/mol. The van der Waals surface area contributed by atoms with Gasteiger partial charge in [0.05, 0.1) is 12.9 Å². The summed E-state index contributed by atoms with van der Waals surface area (Å²) >= 11 is 2.96. The van der Waals surface area contributed by atoms with Gasteiger partial charge in [0.15, 0.2) is 11.0 Å². The lowest BCUT2D eigenvalue weighted by molar-refractivity contribution is 0.415. The molecule has 0 spiro atoms. The zero-order chi connectivity index (χ0) is 19.7. The zero-order valence-electron chi connectivity index (χ0n) is 15.6. The molecule has 0 radical (unpaired) electrons. The van der Waals surface area contributed by atoms with Gasteiger partial charge in [-0.05, 0) is 38.1 Å². The molecule has 28 heavy (non-hydrogen) atoms. The predicted molar refractivity (Wildman–Crippen MR) is 109 cm³/mol. The molecule has 144 valence electrons. The highest BCUT2D eigenvalue weighted by molar-refractivity contribution is 7.98. The number of hydrogen-bond acceptors (Lipinski definition) is 8. The van der Waals surface area contributed by atoms with Crippen molar-refractivity contribution in [3.05, 3.63) is 51.4 Å². The van der Waals surface area contributed by atoms with Crippen molar-refractivity contribution in [2.45, 2.75) is 31.3 Å². The van der Waals surface area contributed by atoms with Gasteiger partial charge in [-0.25, -0.2) is 4.98 Å². The Labute approximate surface area is 169 Å². The van der Waals surface area contributed by atoms with Crippen molar-refractivity contribution in [2.75, 3.05) is 7.11 Å². The van der Waals surface area contributed by atoms with Crippen LogP contribution in [0.15, 0.2) is 40.3 Å². The van der Waals surface area contributed by atoms with E-state index in [4.69, 9.17) is 4.74 Å². The fourth-order valence-corrected chi connectivity index (χ4v) is 4.71. The quantitative estimate of drug-likeness (QED) is 0.448. The Morgan fingerprint density at radius 1 is 1.21 bits per heavy atom. The van der Waals surface area contributed by atoms with Crippen LogP contribution < -0.4 is 10.3 Å². The van der Waals surface area contributed by atoms with Gasteiger partial charge >= 0.3 is 0 Å².